The third kappa shape index (κ3) is 6.36. The molecule has 0 unspecified atom stereocenters. The number of nitrogens with one attached hydrogen (secondary N) is 1. The number of rotatable bonds is 8. The molecule has 2 fully saturated rings. The summed E-state index contributed by atoms with van der Waals surface area (Å²) in [6.45, 7) is 11.7. The fourth-order valence-corrected chi connectivity index (χ4v) is 6.47. The minimum Gasteiger partial charge on any atom is -0.479 e. The van der Waals surface area contributed by atoms with E-state index in [0.29, 0.717) is 28.8 Å². The lowest BCUT2D eigenvalue weighted by Crippen LogP contribution is -2.44. The zero-order chi connectivity index (χ0) is 30.1. The van der Waals surface area contributed by atoms with E-state index in [0.717, 1.165) is 54.0 Å². The zero-order valence-corrected chi connectivity index (χ0v) is 25.5. The van der Waals surface area contributed by atoms with Gasteiger partial charge in [0.05, 0.1) is 11.3 Å². The number of piperidine rings is 1. The lowest BCUT2D eigenvalue weighted by atomic mass is 9.63. The number of anilines is 1. The van der Waals surface area contributed by atoms with Gasteiger partial charge in [0.1, 0.15) is 0 Å². The topological polar surface area (TPSA) is 91.8 Å². The van der Waals surface area contributed by atoms with Crippen LogP contribution in [-0.2, 0) is 16.1 Å². The molecule has 1 atom stereocenters. The van der Waals surface area contributed by atoms with Crippen LogP contribution >= 0.6 is 0 Å². The van der Waals surface area contributed by atoms with Gasteiger partial charge in [-0.1, -0.05) is 48.9 Å². The highest BCUT2D eigenvalue weighted by atomic mass is 16.5. The molecular weight excluding hydrogens is 526 g/mol. The van der Waals surface area contributed by atoms with Gasteiger partial charge in [-0.2, -0.15) is 0 Å². The Morgan fingerprint density at radius 3 is 2.17 bits per heavy atom. The lowest BCUT2D eigenvalue weighted by molar-refractivity contribution is -0.160. The average Bonchev–Trinajstić information content (AvgIpc) is 2.94. The number of carboxylic acid groups (broad SMARTS) is 1. The van der Waals surface area contributed by atoms with Crippen LogP contribution in [0.25, 0.3) is 11.1 Å². The number of carboxylic acids is 1. The number of nitrogens with zero attached hydrogens (tertiary/aromatic N) is 2. The molecule has 7 heteroatoms. The first-order valence-corrected chi connectivity index (χ1v) is 15.1. The van der Waals surface area contributed by atoms with Gasteiger partial charge in [-0.05, 0) is 89.0 Å². The van der Waals surface area contributed by atoms with Crippen LogP contribution in [0.1, 0.15) is 91.9 Å². The first-order chi connectivity index (χ1) is 20.0. The highest BCUT2D eigenvalue weighted by Gasteiger charge is 2.42. The molecule has 0 radical (unpaired) electrons. The Bertz CT molecular complexity index is 1430. The third-order valence-corrected chi connectivity index (χ3v) is 8.82. The summed E-state index contributed by atoms with van der Waals surface area (Å²) >= 11 is 0. The Morgan fingerprint density at radius 1 is 0.976 bits per heavy atom. The molecular formula is C35H43N3O4. The summed E-state index contributed by atoms with van der Waals surface area (Å²) in [7, 11) is 0. The highest BCUT2D eigenvalue weighted by Crippen LogP contribution is 2.51. The predicted molar refractivity (Wildman–Crippen MR) is 166 cm³/mol. The Hall–Kier alpha value is -3.71. The molecule has 2 aliphatic rings. The van der Waals surface area contributed by atoms with Crippen LogP contribution in [0.4, 0.5) is 5.69 Å². The highest BCUT2D eigenvalue weighted by molar-refractivity contribution is 5.95. The number of aromatic nitrogens is 1. The first-order valence-electron chi connectivity index (χ1n) is 15.1. The van der Waals surface area contributed by atoms with Crippen molar-refractivity contribution < 1.29 is 19.4 Å². The van der Waals surface area contributed by atoms with Crippen molar-refractivity contribution in [2.75, 3.05) is 18.0 Å². The normalized spacial score (nSPS) is 17.0. The molecule has 1 spiro atoms. The van der Waals surface area contributed by atoms with Gasteiger partial charge in [-0.25, -0.2) is 4.79 Å². The molecule has 2 heterocycles. The van der Waals surface area contributed by atoms with Crippen molar-refractivity contribution in [1.82, 2.24) is 10.3 Å². The Kier molecular flexibility index (Phi) is 8.42. The maximum absolute atomic E-state index is 12.9. The van der Waals surface area contributed by atoms with Crippen molar-refractivity contribution in [3.05, 3.63) is 82.7 Å². The van der Waals surface area contributed by atoms with Crippen molar-refractivity contribution in [3.8, 4) is 11.1 Å². The molecule has 42 heavy (non-hydrogen) atoms. The molecule has 7 nitrogen and oxygen atoms in total. The molecule has 5 rings (SSSR count). The number of amides is 1. The van der Waals surface area contributed by atoms with Crippen molar-refractivity contribution in [2.24, 2.45) is 5.41 Å². The number of hydrogen-bond acceptors (Lipinski definition) is 5. The summed E-state index contributed by atoms with van der Waals surface area (Å²) in [4.78, 5) is 32.9. The fraction of sp³-hybridized carbons (Fsp3) is 0.457. The van der Waals surface area contributed by atoms with E-state index in [1.165, 1.54) is 19.3 Å². The van der Waals surface area contributed by atoms with Crippen molar-refractivity contribution in [3.63, 3.8) is 0 Å². The molecule has 2 aromatic carbocycles. The van der Waals surface area contributed by atoms with Crippen molar-refractivity contribution in [2.45, 2.75) is 85.0 Å². The number of benzene rings is 2. The number of carbonyl (C=O) groups is 2. The van der Waals surface area contributed by atoms with E-state index < -0.39 is 17.7 Å². The molecule has 222 valence electrons. The van der Waals surface area contributed by atoms with E-state index in [2.05, 4.69) is 10.2 Å². The van der Waals surface area contributed by atoms with Gasteiger partial charge >= 0.3 is 5.97 Å². The second-order valence-corrected chi connectivity index (χ2v) is 13.0. The second-order valence-electron chi connectivity index (χ2n) is 13.0. The molecule has 2 N–H and O–H groups in total. The lowest BCUT2D eigenvalue weighted by Gasteiger charge is -2.49. The van der Waals surface area contributed by atoms with Gasteiger partial charge in [0.15, 0.2) is 6.10 Å². The van der Waals surface area contributed by atoms with Crippen LogP contribution in [0.2, 0.25) is 0 Å². The Morgan fingerprint density at radius 2 is 1.62 bits per heavy atom. The maximum atomic E-state index is 12.9. The molecule has 1 aromatic heterocycles. The molecule has 1 saturated carbocycles. The first kappa shape index (κ1) is 29.8. The van der Waals surface area contributed by atoms with Crippen LogP contribution in [0.5, 0.6) is 0 Å². The van der Waals surface area contributed by atoms with E-state index in [4.69, 9.17) is 9.72 Å². The number of carbonyl (C=O) groups excluding carboxylic acids is 1. The van der Waals surface area contributed by atoms with Crippen molar-refractivity contribution in [1.29, 1.82) is 0 Å². The number of aliphatic carboxylic acids is 1. The van der Waals surface area contributed by atoms with Crippen LogP contribution in [0.3, 0.4) is 0 Å². The van der Waals surface area contributed by atoms with E-state index in [1.54, 1.807) is 0 Å². The fourth-order valence-electron chi connectivity index (χ4n) is 6.47. The SMILES string of the molecule is Cc1nc(C)c([C@H](OC(C)(C)C)C(=O)O)c(N2CCC3(CCC3)CC2)c1-c1ccc(C(=O)NCc2ccccc2)cc1. The quantitative estimate of drug-likeness (QED) is 0.303. The van der Waals surface area contributed by atoms with Gasteiger partial charge in [-0.3, -0.25) is 9.78 Å². The molecule has 3 aromatic rings. The number of aryl methyl sites for hydroxylation is 2. The summed E-state index contributed by atoms with van der Waals surface area (Å²) in [5.74, 6) is -1.17. The van der Waals surface area contributed by atoms with E-state index in [1.807, 2.05) is 89.2 Å². The number of hydrogen-bond donors (Lipinski definition) is 2. The largest absolute Gasteiger partial charge is 0.479 e. The average molecular weight is 570 g/mol. The Balaban J connectivity index is 1.53. The Labute approximate surface area is 249 Å². The van der Waals surface area contributed by atoms with Crippen LogP contribution in [0, 0.1) is 19.3 Å². The van der Waals surface area contributed by atoms with Crippen molar-refractivity contribution >= 4 is 17.6 Å². The van der Waals surface area contributed by atoms with Gasteiger partial charge in [0.2, 0.25) is 0 Å². The molecule has 0 bridgehead atoms. The zero-order valence-electron chi connectivity index (χ0n) is 25.5. The summed E-state index contributed by atoms with van der Waals surface area (Å²) in [6, 6.07) is 17.4. The van der Waals surface area contributed by atoms with Gasteiger partial charge < -0.3 is 20.1 Å². The number of pyridine rings is 1. The summed E-state index contributed by atoms with van der Waals surface area (Å²) < 4.78 is 6.20. The van der Waals surface area contributed by atoms with E-state index >= 15 is 0 Å². The second kappa shape index (κ2) is 11.9. The van der Waals surface area contributed by atoms with Gasteiger partial charge in [0.25, 0.3) is 5.91 Å². The minimum atomic E-state index is -1.16. The van der Waals surface area contributed by atoms with Crippen LogP contribution in [-0.4, -0.2) is 40.7 Å². The summed E-state index contributed by atoms with van der Waals surface area (Å²) in [6.07, 6.45) is 4.92. The minimum absolute atomic E-state index is 0.142. The smallest absolute Gasteiger partial charge is 0.337 e. The van der Waals surface area contributed by atoms with E-state index in [-0.39, 0.29) is 5.91 Å². The molecule has 1 aliphatic heterocycles. The number of ether oxygens (including phenoxy) is 1. The van der Waals surface area contributed by atoms with Gasteiger partial charge in [0, 0.05) is 47.7 Å². The van der Waals surface area contributed by atoms with E-state index in [9.17, 15) is 14.7 Å². The summed E-state index contributed by atoms with van der Waals surface area (Å²) in [5.41, 5.74) is 6.20. The van der Waals surface area contributed by atoms with Crippen LogP contribution < -0.4 is 10.2 Å². The summed E-state index contributed by atoms with van der Waals surface area (Å²) in [5, 5.41) is 13.4. The van der Waals surface area contributed by atoms with Crippen LogP contribution in [0.15, 0.2) is 54.6 Å². The maximum Gasteiger partial charge on any atom is 0.337 e. The standard InChI is InChI=1S/C35H43N3O4/c1-23-28(26-12-14-27(15-13-26)32(39)36-22-25-10-7-6-8-11-25)30(38-20-18-35(19-21-38)16-9-17-35)29(24(2)37-23)31(33(40)41)42-34(3,4)5/h6-8,10-15,31H,9,16-22H2,1-5H3,(H,36,39)(H,40,41)/t31-/m0/s1. The molecule has 1 saturated heterocycles. The third-order valence-electron chi connectivity index (χ3n) is 8.82. The molecule has 1 aliphatic carbocycles. The monoisotopic (exact) mass is 569 g/mol. The molecule has 1 amide bonds. The van der Waals surface area contributed by atoms with Gasteiger partial charge in [-0.15, -0.1) is 0 Å². The predicted octanol–water partition coefficient (Wildman–Crippen LogP) is 7.01.